The summed E-state index contributed by atoms with van der Waals surface area (Å²) >= 11 is 0. The van der Waals surface area contributed by atoms with Crippen molar-refractivity contribution in [3.05, 3.63) is 40.2 Å². The Bertz CT molecular complexity index is 665. The lowest BCUT2D eigenvalue weighted by Gasteiger charge is -2.27. The molecule has 144 valence electrons. The first kappa shape index (κ1) is 20.7. The van der Waals surface area contributed by atoms with E-state index in [9.17, 15) is 4.79 Å². The molecule has 0 bridgehead atoms. The molecule has 1 aliphatic rings. The van der Waals surface area contributed by atoms with Gasteiger partial charge in [0.05, 0.1) is 0 Å². The normalized spacial score (nSPS) is 14.0. The minimum atomic E-state index is 0.153. The van der Waals surface area contributed by atoms with E-state index in [2.05, 4.69) is 46.8 Å². The summed E-state index contributed by atoms with van der Waals surface area (Å²) in [5.74, 6) is 2.97. The number of Topliss-reactive ketones (excluding diaryl/α,β-unsaturated/α-hetero) is 1. The molecule has 0 saturated heterocycles. The van der Waals surface area contributed by atoms with E-state index in [1.54, 1.807) is 6.92 Å². The van der Waals surface area contributed by atoms with E-state index >= 15 is 0 Å². The maximum Gasteiger partial charge on any atom is 0.159 e. The summed E-state index contributed by atoms with van der Waals surface area (Å²) in [6.45, 7) is 12.8. The molecule has 1 aromatic carbocycles. The topological polar surface area (TPSA) is 26.3 Å². The van der Waals surface area contributed by atoms with Gasteiger partial charge in [-0.2, -0.15) is 0 Å². The minimum absolute atomic E-state index is 0.153. The van der Waals surface area contributed by atoms with Crippen LogP contribution in [0, 0.1) is 0 Å². The maximum atomic E-state index is 12.3. The van der Waals surface area contributed by atoms with Crippen LogP contribution in [-0.4, -0.2) is 5.78 Å². The number of rotatable bonds is 9. The third-order valence-corrected chi connectivity index (χ3v) is 5.37. The summed E-state index contributed by atoms with van der Waals surface area (Å²) in [5.41, 5.74) is 4.67. The first-order valence-corrected chi connectivity index (χ1v) is 10.4. The minimum Gasteiger partial charge on any atom is -0.461 e. The average molecular weight is 357 g/mol. The van der Waals surface area contributed by atoms with Crippen molar-refractivity contribution in [1.29, 1.82) is 0 Å². The van der Waals surface area contributed by atoms with Crippen LogP contribution in [0.25, 0.3) is 0 Å². The molecule has 1 aromatic rings. The Morgan fingerprint density at radius 3 is 2.31 bits per heavy atom. The van der Waals surface area contributed by atoms with Crippen LogP contribution >= 0.6 is 0 Å². The number of allylic oxidation sites excluding steroid dienone is 2. The van der Waals surface area contributed by atoms with Crippen molar-refractivity contribution in [1.82, 2.24) is 0 Å². The van der Waals surface area contributed by atoms with Crippen molar-refractivity contribution in [3.63, 3.8) is 0 Å². The molecule has 2 nitrogen and oxygen atoms in total. The largest absolute Gasteiger partial charge is 0.461 e. The first-order chi connectivity index (χ1) is 12.3. The Labute approximate surface area is 160 Å². The number of unbranched alkanes of at least 4 members (excludes halogenated alkanes) is 4. The number of carbonyl (C=O) groups excluding carboxylic acids is 1. The molecule has 0 atom stereocenters. The molecule has 2 heteroatoms. The number of ketones is 1. The van der Waals surface area contributed by atoms with Crippen molar-refractivity contribution in [3.8, 4) is 5.75 Å². The second-order valence-electron chi connectivity index (χ2n) is 8.31. The van der Waals surface area contributed by atoms with E-state index in [0.717, 1.165) is 36.3 Å². The number of hydrogen-bond donors (Lipinski definition) is 0. The van der Waals surface area contributed by atoms with Crippen LogP contribution in [0.4, 0.5) is 0 Å². The van der Waals surface area contributed by atoms with E-state index < -0.39 is 0 Å². The highest BCUT2D eigenvalue weighted by atomic mass is 16.5. The number of benzene rings is 1. The molecule has 0 aromatic heterocycles. The fourth-order valence-corrected chi connectivity index (χ4v) is 3.64. The molecule has 26 heavy (non-hydrogen) atoms. The van der Waals surface area contributed by atoms with Crippen LogP contribution in [-0.2, 0) is 11.2 Å². The average Bonchev–Trinajstić information content (AvgIpc) is 2.59. The lowest BCUT2D eigenvalue weighted by atomic mass is 9.87. The van der Waals surface area contributed by atoms with Gasteiger partial charge in [0.25, 0.3) is 0 Å². The third-order valence-electron chi connectivity index (χ3n) is 5.37. The maximum absolute atomic E-state index is 12.3. The summed E-state index contributed by atoms with van der Waals surface area (Å²) in [5, 5.41) is 0. The summed E-state index contributed by atoms with van der Waals surface area (Å²) < 4.78 is 6.40. The Morgan fingerprint density at radius 2 is 1.73 bits per heavy atom. The Kier molecular flexibility index (Phi) is 7.49. The lowest BCUT2D eigenvalue weighted by Crippen LogP contribution is -2.17. The molecule has 0 fully saturated rings. The molecule has 0 radical (unpaired) electrons. The fraction of sp³-hybridized carbons (Fsp3) is 0.625. The van der Waals surface area contributed by atoms with Gasteiger partial charge < -0.3 is 4.74 Å². The summed E-state index contributed by atoms with van der Waals surface area (Å²) in [7, 11) is 0. The van der Waals surface area contributed by atoms with Crippen molar-refractivity contribution in [2.45, 2.75) is 98.3 Å². The van der Waals surface area contributed by atoms with Crippen molar-refractivity contribution in [2.75, 3.05) is 0 Å². The fourth-order valence-electron chi connectivity index (χ4n) is 3.64. The van der Waals surface area contributed by atoms with Crippen LogP contribution in [0.2, 0.25) is 0 Å². The Morgan fingerprint density at radius 1 is 1.04 bits per heavy atom. The highest BCUT2D eigenvalue weighted by molar-refractivity contribution is 5.94. The molecule has 1 heterocycles. The van der Waals surface area contributed by atoms with Crippen LogP contribution in [0.1, 0.15) is 109 Å². The number of fused-ring (bicyclic) bond motifs is 1. The Hall–Kier alpha value is -1.57. The zero-order valence-corrected chi connectivity index (χ0v) is 17.6. The van der Waals surface area contributed by atoms with Gasteiger partial charge >= 0.3 is 0 Å². The van der Waals surface area contributed by atoms with Gasteiger partial charge in [-0.15, -0.1) is 0 Å². The van der Waals surface area contributed by atoms with Gasteiger partial charge in [-0.05, 0) is 41.9 Å². The zero-order chi connectivity index (χ0) is 19.3. The van der Waals surface area contributed by atoms with Gasteiger partial charge in [-0.1, -0.05) is 72.4 Å². The van der Waals surface area contributed by atoms with Gasteiger partial charge in [0.2, 0.25) is 0 Å². The van der Waals surface area contributed by atoms with Gasteiger partial charge in [-0.3, -0.25) is 4.79 Å². The van der Waals surface area contributed by atoms with Crippen molar-refractivity contribution >= 4 is 5.78 Å². The molecule has 0 aliphatic carbocycles. The van der Waals surface area contributed by atoms with Crippen LogP contribution in [0.3, 0.4) is 0 Å². The SMILES string of the molecule is CCCCCCCC1=C(C(C)=O)Cc2cc(C(C)C)cc(C(C)C)c2O1. The van der Waals surface area contributed by atoms with E-state index in [1.807, 2.05) is 0 Å². The third kappa shape index (κ3) is 4.99. The monoisotopic (exact) mass is 356 g/mol. The molecule has 2 rings (SSSR count). The quantitative estimate of drug-likeness (QED) is 0.442. The highest BCUT2D eigenvalue weighted by Gasteiger charge is 2.26. The molecule has 0 saturated carbocycles. The predicted molar refractivity (Wildman–Crippen MR) is 110 cm³/mol. The van der Waals surface area contributed by atoms with E-state index in [-0.39, 0.29) is 5.78 Å². The van der Waals surface area contributed by atoms with Crippen LogP contribution in [0.5, 0.6) is 5.75 Å². The van der Waals surface area contributed by atoms with E-state index in [1.165, 1.54) is 42.4 Å². The van der Waals surface area contributed by atoms with Gasteiger partial charge in [0.15, 0.2) is 5.78 Å². The second kappa shape index (κ2) is 9.39. The number of carbonyl (C=O) groups is 1. The molecular weight excluding hydrogens is 320 g/mol. The van der Waals surface area contributed by atoms with Crippen molar-refractivity contribution < 1.29 is 9.53 Å². The van der Waals surface area contributed by atoms with Gasteiger partial charge in [-0.25, -0.2) is 0 Å². The molecule has 0 amide bonds. The first-order valence-electron chi connectivity index (χ1n) is 10.4. The molecule has 0 unspecified atom stereocenters. The van der Waals surface area contributed by atoms with Gasteiger partial charge in [0.1, 0.15) is 11.5 Å². The number of ether oxygens (including phenoxy) is 1. The van der Waals surface area contributed by atoms with Gasteiger partial charge in [0, 0.05) is 18.4 Å². The summed E-state index contributed by atoms with van der Waals surface area (Å²) in [6.07, 6.45) is 7.71. The molecule has 0 spiro atoms. The summed E-state index contributed by atoms with van der Waals surface area (Å²) in [4.78, 5) is 12.3. The Balaban J connectivity index is 2.30. The van der Waals surface area contributed by atoms with E-state index in [0.29, 0.717) is 11.8 Å². The van der Waals surface area contributed by atoms with E-state index in [4.69, 9.17) is 4.74 Å². The second-order valence-corrected chi connectivity index (χ2v) is 8.31. The van der Waals surface area contributed by atoms with Crippen molar-refractivity contribution in [2.24, 2.45) is 0 Å². The smallest absolute Gasteiger partial charge is 0.159 e. The molecule has 0 N–H and O–H groups in total. The highest BCUT2D eigenvalue weighted by Crippen LogP contribution is 2.40. The molecule has 1 aliphatic heterocycles. The molecular formula is C24H36O2. The van der Waals surface area contributed by atoms with Crippen LogP contribution in [0.15, 0.2) is 23.5 Å². The number of hydrogen-bond acceptors (Lipinski definition) is 2. The van der Waals surface area contributed by atoms with Crippen LogP contribution < -0.4 is 4.74 Å². The predicted octanol–water partition coefficient (Wildman–Crippen LogP) is 7.07. The zero-order valence-electron chi connectivity index (χ0n) is 17.6. The lowest BCUT2D eigenvalue weighted by molar-refractivity contribution is -0.113. The summed E-state index contributed by atoms with van der Waals surface area (Å²) in [6, 6.07) is 4.54. The standard InChI is InChI=1S/C24H36O2/c1-7-8-9-10-11-12-23-22(18(6)25)15-20-13-19(16(2)3)14-21(17(4)5)24(20)26-23/h13-14,16-17H,7-12,15H2,1-6H3.